The summed E-state index contributed by atoms with van der Waals surface area (Å²) in [6, 6.07) is 82.2. The number of fused-ring (bicyclic) bond motifs is 9. The number of nitrogens with zero attached hydrogens (tertiary/aromatic N) is 3. The smallest absolute Gasteiger partial charge is 0.0561 e. The molecule has 62 heavy (non-hydrogen) atoms. The van der Waals surface area contributed by atoms with E-state index in [1.165, 1.54) is 60.1 Å². The van der Waals surface area contributed by atoms with Crippen molar-refractivity contribution in [2.45, 2.75) is 19.3 Å². The van der Waals surface area contributed by atoms with E-state index in [1.54, 1.807) is 0 Å². The van der Waals surface area contributed by atoms with E-state index in [2.05, 4.69) is 253 Å². The molecule has 0 saturated heterocycles. The Labute approximate surface area is 362 Å². The summed E-state index contributed by atoms with van der Waals surface area (Å²) in [5.74, 6) is 0. The fraction of sp³-hybridized carbons (Fsp3) is 0.0508. The molecule has 0 amide bonds. The topological polar surface area (TPSA) is 11.4 Å². The van der Waals surface area contributed by atoms with E-state index in [1.807, 2.05) is 0 Å². The minimum atomic E-state index is -0.126. The number of hydrogen-bond acceptors (Lipinski definition) is 2. The van der Waals surface area contributed by atoms with Crippen LogP contribution in [0.5, 0.6) is 0 Å². The molecule has 0 spiro atoms. The second-order valence-electron chi connectivity index (χ2n) is 17.0. The Hall–Kier alpha value is -7.88. The van der Waals surface area contributed by atoms with Gasteiger partial charge in [-0.1, -0.05) is 147 Å². The maximum absolute atomic E-state index is 2.49. The first-order valence-corrected chi connectivity index (χ1v) is 21.5. The van der Waals surface area contributed by atoms with Crippen LogP contribution in [0.25, 0.3) is 60.2 Å². The Bertz CT molecular complexity index is 3450. The first-order valence-electron chi connectivity index (χ1n) is 21.5. The molecule has 0 saturated carbocycles. The highest BCUT2D eigenvalue weighted by Crippen LogP contribution is 2.52. The largest absolute Gasteiger partial charge is 0.310 e. The van der Waals surface area contributed by atoms with E-state index in [-0.39, 0.29) is 5.41 Å². The van der Waals surface area contributed by atoms with Gasteiger partial charge in [-0.05, 0) is 129 Å². The van der Waals surface area contributed by atoms with Gasteiger partial charge >= 0.3 is 0 Å². The zero-order valence-corrected chi connectivity index (χ0v) is 34.7. The van der Waals surface area contributed by atoms with Gasteiger partial charge in [0, 0.05) is 55.7 Å². The molecule has 294 valence electrons. The molecule has 0 aliphatic heterocycles. The molecule has 0 fully saturated rings. The van der Waals surface area contributed by atoms with Gasteiger partial charge in [-0.2, -0.15) is 0 Å². The molecular weight excluding hydrogens is 751 g/mol. The molecule has 1 aliphatic carbocycles. The van der Waals surface area contributed by atoms with Gasteiger partial charge in [0.25, 0.3) is 0 Å². The number of aromatic nitrogens is 1. The molecule has 11 aromatic rings. The van der Waals surface area contributed by atoms with Gasteiger partial charge in [0.1, 0.15) is 0 Å². The van der Waals surface area contributed by atoms with Crippen molar-refractivity contribution in [2.24, 2.45) is 0 Å². The van der Waals surface area contributed by atoms with Gasteiger partial charge in [-0.25, -0.2) is 0 Å². The SMILES string of the molecule is CC1(C)c2ccccc2-c2cc3ccc4cccc(N(c5cccc(N(c6ccccc6)c6ccccc6)c5)c5ccc6c7ccccc7n(-c7ccccc7)c6c5)c4c3cc21. The third-order valence-electron chi connectivity index (χ3n) is 13.1. The number of anilines is 6. The molecule has 1 aliphatic rings. The molecule has 0 radical (unpaired) electrons. The fourth-order valence-corrected chi connectivity index (χ4v) is 10.2. The van der Waals surface area contributed by atoms with Crippen molar-refractivity contribution in [3.05, 3.63) is 236 Å². The lowest BCUT2D eigenvalue weighted by atomic mass is 9.81. The predicted octanol–water partition coefficient (Wildman–Crippen LogP) is 16.3. The average molecular weight is 794 g/mol. The molecule has 1 heterocycles. The molecule has 3 nitrogen and oxygen atoms in total. The molecule has 0 N–H and O–H groups in total. The van der Waals surface area contributed by atoms with E-state index < -0.39 is 0 Å². The maximum Gasteiger partial charge on any atom is 0.0561 e. The van der Waals surface area contributed by atoms with Crippen LogP contribution in [-0.4, -0.2) is 4.57 Å². The normalized spacial score (nSPS) is 12.8. The predicted molar refractivity (Wildman–Crippen MR) is 263 cm³/mol. The molecule has 0 unspecified atom stereocenters. The Balaban J connectivity index is 1.14. The summed E-state index contributed by atoms with van der Waals surface area (Å²) in [5.41, 5.74) is 15.4. The first kappa shape index (κ1) is 36.0. The van der Waals surface area contributed by atoms with Crippen molar-refractivity contribution in [3.63, 3.8) is 0 Å². The standard InChI is InChI=1S/C59H43N3/c1-59(2)53-29-14-12-27-48(53)52-36-41-33-32-40-18-16-31-56(58(40)51(41)39-54(52)59)61(46-26-17-25-45(37-46)60(42-19-6-3-7-20-42)43-21-8-4-9-22-43)47-34-35-50-49-28-13-15-30-55(49)62(57(50)38-47)44-23-10-5-11-24-44/h3-39H,1-2H3. The lowest BCUT2D eigenvalue weighted by molar-refractivity contribution is 0.661. The van der Waals surface area contributed by atoms with Crippen molar-refractivity contribution >= 4 is 77.5 Å². The summed E-state index contributed by atoms with van der Waals surface area (Å²) < 4.78 is 2.41. The molecule has 0 bridgehead atoms. The lowest BCUT2D eigenvalue weighted by Gasteiger charge is -2.30. The first-order chi connectivity index (χ1) is 30.5. The minimum absolute atomic E-state index is 0.126. The molecule has 0 atom stereocenters. The third-order valence-corrected chi connectivity index (χ3v) is 13.1. The number of hydrogen-bond donors (Lipinski definition) is 0. The van der Waals surface area contributed by atoms with Crippen molar-refractivity contribution in [2.75, 3.05) is 9.80 Å². The van der Waals surface area contributed by atoms with Gasteiger partial charge < -0.3 is 14.4 Å². The van der Waals surface area contributed by atoms with Crippen molar-refractivity contribution < 1.29 is 0 Å². The summed E-state index contributed by atoms with van der Waals surface area (Å²) in [7, 11) is 0. The summed E-state index contributed by atoms with van der Waals surface area (Å²) >= 11 is 0. The van der Waals surface area contributed by atoms with Gasteiger partial charge in [0.05, 0.1) is 16.7 Å². The highest BCUT2D eigenvalue weighted by Gasteiger charge is 2.35. The lowest BCUT2D eigenvalue weighted by Crippen LogP contribution is -2.15. The van der Waals surface area contributed by atoms with Crippen LogP contribution in [0.1, 0.15) is 25.0 Å². The number of para-hydroxylation sites is 4. The second-order valence-corrected chi connectivity index (χ2v) is 17.0. The van der Waals surface area contributed by atoms with Gasteiger partial charge in [0.2, 0.25) is 0 Å². The Morgan fingerprint density at radius 3 is 1.73 bits per heavy atom. The highest BCUT2D eigenvalue weighted by atomic mass is 15.2. The summed E-state index contributed by atoms with van der Waals surface area (Å²) in [5, 5.41) is 7.40. The van der Waals surface area contributed by atoms with Crippen molar-refractivity contribution in [3.8, 4) is 16.8 Å². The zero-order valence-electron chi connectivity index (χ0n) is 34.7. The Kier molecular flexibility index (Phi) is 8.20. The number of benzene rings is 10. The fourth-order valence-electron chi connectivity index (χ4n) is 10.2. The maximum atomic E-state index is 2.49. The van der Waals surface area contributed by atoms with E-state index in [0.29, 0.717) is 0 Å². The van der Waals surface area contributed by atoms with E-state index >= 15 is 0 Å². The van der Waals surface area contributed by atoms with Crippen LogP contribution in [0.15, 0.2) is 224 Å². The monoisotopic (exact) mass is 793 g/mol. The Morgan fingerprint density at radius 1 is 0.355 bits per heavy atom. The summed E-state index contributed by atoms with van der Waals surface area (Å²) in [6.07, 6.45) is 0. The third kappa shape index (κ3) is 5.59. The average Bonchev–Trinajstić information content (AvgIpc) is 3.77. The van der Waals surface area contributed by atoms with Crippen LogP contribution in [-0.2, 0) is 5.41 Å². The summed E-state index contributed by atoms with van der Waals surface area (Å²) in [4.78, 5) is 4.83. The second kappa shape index (κ2) is 14.1. The molecule has 1 aromatic heterocycles. The van der Waals surface area contributed by atoms with Gasteiger partial charge in [-0.3, -0.25) is 0 Å². The van der Waals surface area contributed by atoms with Crippen LogP contribution in [0.2, 0.25) is 0 Å². The van der Waals surface area contributed by atoms with E-state index in [9.17, 15) is 0 Å². The minimum Gasteiger partial charge on any atom is -0.310 e. The molecule has 12 rings (SSSR count). The van der Waals surface area contributed by atoms with Crippen LogP contribution in [0.3, 0.4) is 0 Å². The van der Waals surface area contributed by atoms with Gasteiger partial charge in [0.15, 0.2) is 0 Å². The molecule has 10 aromatic carbocycles. The Morgan fingerprint density at radius 2 is 0.952 bits per heavy atom. The molecular formula is C59H43N3. The number of rotatable bonds is 7. The van der Waals surface area contributed by atoms with Crippen LogP contribution >= 0.6 is 0 Å². The molecule has 3 heteroatoms. The van der Waals surface area contributed by atoms with Crippen LogP contribution in [0, 0.1) is 0 Å². The van der Waals surface area contributed by atoms with E-state index in [4.69, 9.17) is 0 Å². The van der Waals surface area contributed by atoms with Crippen LogP contribution < -0.4 is 9.80 Å². The summed E-state index contributed by atoms with van der Waals surface area (Å²) in [6.45, 7) is 4.75. The van der Waals surface area contributed by atoms with E-state index in [0.717, 1.165) is 45.3 Å². The van der Waals surface area contributed by atoms with Crippen LogP contribution in [0.4, 0.5) is 34.1 Å². The highest BCUT2D eigenvalue weighted by molar-refractivity contribution is 6.17. The van der Waals surface area contributed by atoms with Crippen molar-refractivity contribution in [1.29, 1.82) is 0 Å². The zero-order chi connectivity index (χ0) is 41.4. The quantitative estimate of drug-likeness (QED) is 0.149. The van der Waals surface area contributed by atoms with Gasteiger partial charge in [-0.15, -0.1) is 0 Å². The van der Waals surface area contributed by atoms with Crippen molar-refractivity contribution in [1.82, 2.24) is 4.57 Å².